The Morgan fingerprint density at radius 2 is 1.38 bits per heavy atom. The number of hydrogen-bond donors (Lipinski definition) is 0. The molecular formula is C46H55IrN3OS-2. The van der Waals surface area contributed by atoms with Gasteiger partial charge in [0.2, 0.25) is 0 Å². The van der Waals surface area contributed by atoms with Gasteiger partial charge in [0.05, 0.1) is 5.52 Å². The average molecular weight is 890 g/mol. The molecule has 4 aromatic carbocycles. The molecule has 52 heavy (non-hydrogen) atoms. The second kappa shape index (κ2) is 18.5. The molecule has 0 bridgehead atoms. The van der Waals surface area contributed by atoms with Crippen molar-refractivity contribution in [1.82, 2.24) is 9.97 Å². The van der Waals surface area contributed by atoms with Crippen molar-refractivity contribution in [1.29, 1.82) is 0 Å². The summed E-state index contributed by atoms with van der Waals surface area (Å²) in [5, 5.41) is 10.9. The van der Waals surface area contributed by atoms with Crippen LogP contribution >= 0.6 is 11.3 Å². The molecule has 2 heterocycles. The molecule has 0 spiro atoms. The Hall–Kier alpha value is -3.44. The molecule has 0 unspecified atom stereocenters. The number of nitrogens with zero attached hydrogens (tertiary/aromatic N) is 3. The van der Waals surface area contributed by atoms with Crippen molar-refractivity contribution in [3.63, 3.8) is 0 Å². The van der Waals surface area contributed by atoms with Gasteiger partial charge in [-0.05, 0) is 41.7 Å². The Morgan fingerprint density at radius 3 is 1.98 bits per heavy atom. The van der Waals surface area contributed by atoms with E-state index in [0.29, 0.717) is 11.8 Å². The number of benzene rings is 4. The summed E-state index contributed by atoms with van der Waals surface area (Å²) in [5.74, 6) is 2.40. The van der Waals surface area contributed by atoms with Gasteiger partial charge in [-0.25, -0.2) is 4.98 Å². The van der Waals surface area contributed by atoms with Crippen LogP contribution < -0.4 is 0 Å². The summed E-state index contributed by atoms with van der Waals surface area (Å²) in [5.41, 5.74) is 5.46. The van der Waals surface area contributed by atoms with Gasteiger partial charge in [-0.15, -0.1) is 40.6 Å². The number of ketones is 1. The van der Waals surface area contributed by atoms with E-state index < -0.39 is 0 Å². The molecule has 6 aromatic rings. The van der Waals surface area contributed by atoms with Crippen LogP contribution in [0.15, 0.2) is 78.5 Å². The molecule has 0 N–H and O–H groups in total. The van der Waals surface area contributed by atoms with E-state index in [0.717, 1.165) is 58.7 Å². The number of carbonyl (C=O) groups is 1. The molecule has 0 saturated heterocycles. The van der Waals surface area contributed by atoms with Gasteiger partial charge in [0.1, 0.15) is 5.82 Å². The van der Waals surface area contributed by atoms with Crippen molar-refractivity contribution in [2.24, 2.45) is 11.8 Å². The van der Waals surface area contributed by atoms with E-state index in [1.807, 2.05) is 6.08 Å². The molecule has 2 aromatic heterocycles. The molecular weight excluding hydrogens is 835 g/mol. The van der Waals surface area contributed by atoms with Gasteiger partial charge in [0.15, 0.2) is 5.78 Å². The maximum atomic E-state index is 12.2. The van der Waals surface area contributed by atoms with Gasteiger partial charge in [0, 0.05) is 52.4 Å². The molecule has 1 radical (unpaired) electrons. The molecule has 6 heteroatoms. The SMILES string of the molecule is CC(C)c1nc(-c2[c-]cc(C(C)C)c3ccccc23)c2sc3ccc4ccccc4c3c2n1.CCC(CC)C(=O)/C=C(\[N-]C(C)C)C(CC)CC.[Ir]. The Kier molecular flexibility index (Phi) is 14.7. The van der Waals surface area contributed by atoms with Crippen molar-refractivity contribution in [3.05, 3.63) is 101 Å². The van der Waals surface area contributed by atoms with Crippen molar-refractivity contribution in [2.45, 2.75) is 113 Å². The maximum absolute atomic E-state index is 12.2. The normalized spacial score (nSPS) is 12.1. The monoisotopic (exact) mass is 890 g/mol. The molecule has 6 rings (SSSR count). The zero-order valence-corrected chi connectivity index (χ0v) is 35.8. The number of thiophene rings is 1. The van der Waals surface area contributed by atoms with Gasteiger partial charge in [-0.1, -0.05) is 153 Å². The third-order valence-electron chi connectivity index (χ3n) is 9.97. The fraction of sp³-hybridized carbons (Fsp3) is 0.413. The molecule has 0 saturated carbocycles. The maximum Gasteiger partial charge on any atom is 0.157 e. The molecule has 0 fully saturated rings. The van der Waals surface area contributed by atoms with Crippen molar-refractivity contribution < 1.29 is 24.9 Å². The second-order valence-electron chi connectivity index (χ2n) is 14.6. The van der Waals surface area contributed by atoms with Crippen LogP contribution in [0.25, 0.3) is 58.4 Å². The minimum absolute atomic E-state index is 0. The summed E-state index contributed by atoms with van der Waals surface area (Å²) in [4.78, 5) is 22.4. The largest absolute Gasteiger partial charge is 0.685 e. The summed E-state index contributed by atoms with van der Waals surface area (Å²) in [6, 6.07) is 27.8. The van der Waals surface area contributed by atoms with Crippen molar-refractivity contribution >= 4 is 59.0 Å². The van der Waals surface area contributed by atoms with Crippen LogP contribution in [-0.2, 0) is 24.9 Å². The molecule has 0 aliphatic heterocycles. The van der Waals surface area contributed by atoms with Gasteiger partial charge < -0.3 is 5.32 Å². The number of rotatable bonds is 12. The summed E-state index contributed by atoms with van der Waals surface area (Å²) >= 11 is 1.79. The fourth-order valence-corrected chi connectivity index (χ4v) is 8.16. The zero-order valence-electron chi connectivity index (χ0n) is 32.6. The average Bonchev–Trinajstić information content (AvgIpc) is 3.51. The van der Waals surface area contributed by atoms with Crippen LogP contribution in [0.3, 0.4) is 0 Å². The van der Waals surface area contributed by atoms with Crippen LogP contribution in [0.1, 0.15) is 118 Å². The number of aromatic nitrogens is 2. The first-order valence-electron chi connectivity index (χ1n) is 19.0. The first-order valence-corrected chi connectivity index (χ1v) is 19.9. The van der Waals surface area contributed by atoms with E-state index in [9.17, 15) is 4.79 Å². The van der Waals surface area contributed by atoms with Crippen LogP contribution in [0.5, 0.6) is 0 Å². The Labute approximate surface area is 329 Å². The number of allylic oxidation sites excluding steroid dienone is 2. The Bertz CT molecular complexity index is 2150. The van der Waals surface area contributed by atoms with E-state index in [2.05, 4.69) is 147 Å². The predicted molar refractivity (Wildman–Crippen MR) is 222 cm³/mol. The number of hydrogen-bond acceptors (Lipinski definition) is 4. The van der Waals surface area contributed by atoms with E-state index in [-0.39, 0.29) is 43.8 Å². The zero-order chi connectivity index (χ0) is 36.8. The van der Waals surface area contributed by atoms with Crippen LogP contribution in [0.4, 0.5) is 0 Å². The predicted octanol–water partition coefficient (Wildman–Crippen LogP) is 14.0. The molecule has 4 nitrogen and oxygen atoms in total. The van der Waals surface area contributed by atoms with E-state index in [1.54, 1.807) is 11.3 Å². The second-order valence-corrected chi connectivity index (χ2v) is 15.6. The number of carbonyl (C=O) groups excluding carboxylic acids is 1. The summed E-state index contributed by atoms with van der Waals surface area (Å²) in [7, 11) is 0. The van der Waals surface area contributed by atoms with E-state index >= 15 is 0 Å². The molecule has 0 aliphatic rings. The minimum atomic E-state index is 0. The Balaban J connectivity index is 0.000000275. The first-order chi connectivity index (χ1) is 24.5. The standard InChI is InChI=1S/C30H25N2S.C16H31NO.Ir/c1-17(2)20-14-15-24(23-12-8-7-11-22(20)23)27-29-28(32-30(31-27)18(3)4)26-21-10-6-5-9-19(21)13-16-25(26)33-29;1-7-13(8-2)15(17-12(5)6)11-16(18)14(9-3)10-4;/h5-14,16-18H,1-4H3;11-14H,7-10H2,1-6H3,(H,17,18);/q-1;;/p-1. The van der Waals surface area contributed by atoms with Crippen molar-refractivity contribution in [2.75, 3.05) is 0 Å². The molecule has 0 amide bonds. The van der Waals surface area contributed by atoms with Crippen LogP contribution in [0, 0.1) is 17.9 Å². The summed E-state index contributed by atoms with van der Waals surface area (Å²) in [6.45, 7) is 21.4. The van der Waals surface area contributed by atoms with Gasteiger partial charge in [-0.2, -0.15) is 5.70 Å². The molecule has 0 aliphatic carbocycles. The fourth-order valence-electron chi connectivity index (χ4n) is 7.00. The smallest absolute Gasteiger partial charge is 0.157 e. The first kappa shape index (κ1) is 41.3. The van der Waals surface area contributed by atoms with Gasteiger partial charge >= 0.3 is 0 Å². The Morgan fingerprint density at radius 1 is 0.769 bits per heavy atom. The third-order valence-corrected chi connectivity index (χ3v) is 11.1. The number of fused-ring (bicyclic) bond motifs is 6. The summed E-state index contributed by atoms with van der Waals surface area (Å²) < 4.78 is 2.40. The summed E-state index contributed by atoms with van der Waals surface area (Å²) in [6.07, 6.45) is 5.76. The van der Waals surface area contributed by atoms with Crippen LogP contribution in [0.2, 0.25) is 0 Å². The van der Waals surface area contributed by atoms with Crippen molar-refractivity contribution in [3.8, 4) is 11.3 Å². The van der Waals surface area contributed by atoms with Crippen LogP contribution in [-0.4, -0.2) is 21.8 Å². The van der Waals surface area contributed by atoms with Gasteiger partial charge in [-0.3, -0.25) is 9.78 Å². The minimum Gasteiger partial charge on any atom is -0.685 e. The van der Waals surface area contributed by atoms with Gasteiger partial charge in [0.25, 0.3) is 0 Å². The molecule has 0 atom stereocenters. The topological polar surface area (TPSA) is 57.0 Å². The van der Waals surface area contributed by atoms with E-state index in [1.165, 1.54) is 37.2 Å². The van der Waals surface area contributed by atoms with E-state index in [4.69, 9.17) is 9.97 Å². The quantitative estimate of drug-likeness (QED) is 0.0908. The molecule has 277 valence electrons. The third kappa shape index (κ3) is 8.84.